The molecule has 0 aliphatic carbocycles. The van der Waals surface area contributed by atoms with Gasteiger partial charge in [0, 0.05) is 24.3 Å². The molecule has 1 aliphatic rings. The number of halogens is 1. The molecule has 1 aromatic heterocycles. The number of nitrogens with one attached hydrogen (secondary N) is 2. The van der Waals surface area contributed by atoms with Crippen LogP contribution in [-0.2, 0) is 21.4 Å². The summed E-state index contributed by atoms with van der Waals surface area (Å²) in [5, 5.41) is 14.2. The predicted octanol–water partition coefficient (Wildman–Crippen LogP) is 4.24. The van der Waals surface area contributed by atoms with Gasteiger partial charge in [-0.25, -0.2) is 12.8 Å². The van der Waals surface area contributed by atoms with Gasteiger partial charge in [-0.2, -0.15) is 4.31 Å². The van der Waals surface area contributed by atoms with Crippen molar-refractivity contribution < 1.29 is 22.4 Å². The van der Waals surface area contributed by atoms with Gasteiger partial charge >= 0.3 is 0 Å². The fraction of sp³-hybridized carbons (Fsp3) is 0.241. The Morgan fingerprint density at radius 3 is 2.29 bits per heavy atom. The van der Waals surface area contributed by atoms with Gasteiger partial charge in [-0.3, -0.25) is 14.2 Å². The van der Waals surface area contributed by atoms with Gasteiger partial charge in [0.05, 0.1) is 22.9 Å². The summed E-state index contributed by atoms with van der Waals surface area (Å²) in [6, 6.07) is 21.0. The molecular weight excluding hydrogens is 579 g/mol. The predicted molar refractivity (Wildman–Crippen MR) is 157 cm³/mol. The Bertz CT molecular complexity index is 1660. The lowest BCUT2D eigenvalue weighted by Gasteiger charge is -2.25. The number of para-hydroxylation sites is 2. The summed E-state index contributed by atoms with van der Waals surface area (Å²) in [7, 11) is -3.59. The summed E-state index contributed by atoms with van der Waals surface area (Å²) >= 11 is 1.12. The van der Waals surface area contributed by atoms with E-state index in [1.54, 1.807) is 16.7 Å². The fourth-order valence-corrected chi connectivity index (χ4v) is 6.81. The molecule has 1 fully saturated rings. The van der Waals surface area contributed by atoms with E-state index >= 15 is 0 Å². The number of amides is 2. The zero-order valence-corrected chi connectivity index (χ0v) is 24.2. The van der Waals surface area contributed by atoms with Gasteiger partial charge in [-0.1, -0.05) is 48.5 Å². The van der Waals surface area contributed by atoms with Crippen LogP contribution < -0.4 is 10.6 Å². The molecule has 2 amide bonds. The SMILES string of the molecule is O=C(CSc1nnc(CNC(=O)c2ccc(S(=O)(=O)N3CCCCC3)cc2)n1-c1ccccc1)Nc1ccccc1F. The normalized spacial score (nSPS) is 13.9. The molecule has 0 atom stereocenters. The number of sulfonamides is 1. The second-order valence-electron chi connectivity index (χ2n) is 9.56. The van der Waals surface area contributed by atoms with Crippen molar-refractivity contribution in [3.8, 4) is 5.69 Å². The van der Waals surface area contributed by atoms with Crippen LogP contribution in [0.3, 0.4) is 0 Å². The maximum atomic E-state index is 13.9. The number of anilines is 1. The highest BCUT2D eigenvalue weighted by Gasteiger charge is 2.26. The lowest BCUT2D eigenvalue weighted by Crippen LogP contribution is -2.35. The monoisotopic (exact) mass is 608 g/mol. The van der Waals surface area contributed by atoms with Crippen molar-refractivity contribution in [2.24, 2.45) is 0 Å². The number of rotatable bonds is 10. The molecule has 0 saturated carbocycles. The van der Waals surface area contributed by atoms with Gasteiger partial charge in [0.1, 0.15) is 5.82 Å². The van der Waals surface area contributed by atoms with Crippen molar-refractivity contribution in [1.29, 1.82) is 0 Å². The maximum absolute atomic E-state index is 13.9. The lowest BCUT2D eigenvalue weighted by molar-refractivity contribution is -0.113. The largest absolute Gasteiger partial charge is 0.345 e. The smallest absolute Gasteiger partial charge is 0.251 e. The summed E-state index contributed by atoms with van der Waals surface area (Å²) in [5.74, 6) is -0.958. The van der Waals surface area contributed by atoms with Crippen LogP contribution in [-0.4, -0.2) is 58.1 Å². The van der Waals surface area contributed by atoms with E-state index in [2.05, 4.69) is 20.8 Å². The molecular formula is C29H29FN6O4S2. The average Bonchev–Trinajstić information content (AvgIpc) is 3.43. The Morgan fingerprint density at radius 2 is 1.57 bits per heavy atom. The summed E-state index contributed by atoms with van der Waals surface area (Å²) in [4.78, 5) is 25.6. The number of aromatic nitrogens is 3. The number of nitrogens with zero attached hydrogens (tertiary/aromatic N) is 4. The van der Waals surface area contributed by atoms with E-state index in [9.17, 15) is 22.4 Å². The summed E-state index contributed by atoms with van der Waals surface area (Å²) in [6.45, 7) is 1.03. The average molecular weight is 609 g/mol. The molecule has 3 aromatic carbocycles. The Kier molecular flexibility index (Phi) is 9.30. The third-order valence-corrected chi connectivity index (χ3v) is 9.51. The number of carbonyl (C=O) groups excluding carboxylic acids is 2. The second-order valence-corrected chi connectivity index (χ2v) is 12.4. The molecule has 0 bridgehead atoms. The van der Waals surface area contributed by atoms with E-state index in [1.165, 1.54) is 40.7 Å². The number of carbonyl (C=O) groups is 2. The first-order chi connectivity index (χ1) is 20.3. The number of thioether (sulfide) groups is 1. The minimum absolute atomic E-state index is 0.0243. The molecule has 0 radical (unpaired) electrons. The van der Waals surface area contributed by atoms with Crippen LogP contribution in [0.2, 0.25) is 0 Å². The molecule has 4 aromatic rings. The maximum Gasteiger partial charge on any atom is 0.251 e. The van der Waals surface area contributed by atoms with Gasteiger partial charge in [-0.05, 0) is 61.4 Å². The molecule has 2 heterocycles. The molecule has 0 spiro atoms. The van der Waals surface area contributed by atoms with Gasteiger partial charge in [0.2, 0.25) is 15.9 Å². The highest BCUT2D eigenvalue weighted by atomic mass is 32.2. The molecule has 13 heteroatoms. The first-order valence-electron chi connectivity index (χ1n) is 13.4. The first-order valence-corrected chi connectivity index (χ1v) is 15.8. The molecule has 10 nitrogen and oxygen atoms in total. The molecule has 1 saturated heterocycles. The van der Waals surface area contributed by atoms with Crippen molar-refractivity contribution in [2.45, 2.75) is 35.9 Å². The lowest BCUT2D eigenvalue weighted by atomic mass is 10.2. The molecule has 2 N–H and O–H groups in total. The van der Waals surface area contributed by atoms with Crippen LogP contribution in [0.15, 0.2) is 88.9 Å². The minimum Gasteiger partial charge on any atom is -0.345 e. The molecule has 1 aliphatic heterocycles. The number of piperidine rings is 1. The minimum atomic E-state index is -3.59. The van der Waals surface area contributed by atoms with Gasteiger partial charge in [-0.15, -0.1) is 10.2 Å². The van der Waals surface area contributed by atoms with E-state index in [4.69, 9.17) is 0 Å². The molecule has 42 heavy (non-hydrogen) atoms. The highest BCUT2D eigenvalue weighted by Crippen LogP contribution is 2.24. The van der Waals surface area contributed by atoms with Crippen molar-refractivity contribution in [3.63, 3.8) is 0 Å². The van der Waals surface area contributed by atoms with Crippen LogP contribution in [0.1, 0.15) is 35.4 Å². The van der Waals surface area contributed by atoms with Gasteiger partial charge in [0.15, 0.2) is 11.0 Å². The van der Waals surface area contributed by atoms with Crippen LogP contribution in [0.4, 0.5) is 10.1 Å². The number of benzene rings is 3. The Morgan fingerprint density at radius 1 is 0.881 bits per heavy atom. The number of hydrogen-bond donors (Lipinski definition) is 2. The zero-order valence-electron chi connectivity index (χ0n) is 22.6. The van der Waals surface area contributed by atoms with Crippen LogP contribution >= 0.6 is 11.8 Å². The molecule has 5 rings (SSSR count). The van der Waals surface area contributed by atoms with Crippen molar-refractivity contribution in [1.82, 2.24) is 24.4 Å². The standard InChI is InChI=1S/C29H29FN6O4S2/c30-24-11-5-6-12-25(24)32-27(37)20-41-29-34-33-26(36(29)22-9-3-1-4-10-22)19-31-28(38)21-13-15-23(16-14-21)42(39,40)35-17-7-2-8-18-35/h1,3-6,9-16H,2,7-8,17-20H2,(H,31,38)(H,32,37). The fourth-order valence-electron chi connectivity index (χ4n) is 4.52. The summed E-state index contributed by atoms with van der Waals surface area (Å²) in [6.07, 6.45) is 2.71. The van der Waals surface area contributed by atoms with Gasteiger partial charge < -0.3 is 10.6 Å². The molecule has 218 valence electrons. The third kappa shape index (κ3) is 6.86. The van der Waals surface area contributed by atoms with E-state index in [0.717, 1.165) is 36.7 Å². The zero-order chi connectivity index (χ0) is 29.5. The number of hydrogen-bond acceptors (Lipinski definition) is 7. The van der Waals surface area contributed by atoms with E-state index < -0.39 is 27.7 Å². The van der Waals surface area contributed by atoms with E-state index in [0.29, 0.717) is 29.6 Å². The van der Waals surface area contributed by atoms with Crippen molar-refractivity contribution in [3.05, 3.63) is 96.1 Å². The van der Waals surface area contributed by atoms with E-state index in [1.807, 2.05) is 30.3 Å². The topological polar surface area (TPSA) is 126 Å². The second kappa shape index (κ2) is 13.3. The Hall–Kier alpha value is -4.07. The Balaban J connectivity index is 1.26. The van der Waals surface area contributed by atoms with E-state index in [-0.39, 0.29) is 22.9 Å². The Labute approximate surface area is 247 Å². The summed E-state index contributed by atoms with van der Waals surface area (Å²) < 4.78 is 43.0. The third-order valence-electron chi connectivity index (χ3n) is 6.67. The first kappa shape index (κ1) is 29.4. The summed E-state index contributed by atoms with van der Waals surface area (Å²) in [5.41, 5.74) is 1.13. The van der Waals surface area contributed by atoms with Crippen LogP contribution in [0.5, 0.6) is 0 Å². The molecule has 0 unspecified atom stereocenters. The van der Waals surface area contributed by atoms with Crippen LogP contribution in [0.25, 0.3) is 5.69 Å². The highest BCUT2D eigenvalue weighted by molar-refractivity contribution is 7.99. The quantitative estimate of drug-likeness (QED) is 0.258. The van der Waals surface area contributed by atoms with Crippen LogP contribution in [0, 0.1) is 5.82 Å². The van der Waals surface area contributed by atoms with Crippen molar-refractivity contribution >= 4 is 39.3 Å². The van der Waals surface area contributed by atoms with Crippen molar-refractivity contribution in [2.75, 3.05) is 24.2 Å². The van der Waals surface area contributed by atoms with Gasteiger partial charge in [0.25, 0.3) is 5.91 Å².